The van der Waals surface area contributed by atoms with E-state index in [0.29, 0.717) is 12.1 Å². The smallest absolute Gasteiger partial charge is 0.407 e. The molecule has 3 aliphatic rings. The summed E-state index contributed by atoms with van der Waals surface area (Å²) < 4.78 is 11.0. The monoisotopic (exact) mass is 528 g/mol. The minimum absolute atomic E-state index is 0.0519. The van der Waals surface area contributed by atoms with Crippen LogP contribution in [0.1, 0.15) is 84.2 Å². The Labute approximate surface area is 230 Å². The number of carbonyl (C=O) groups excluding carboxylic acids is 1. The molecule has 1 aromatic rings. The third-order valence-electron chi connectivity index (χ3n) is 8.66. The van der Waals surface area contributed by atoms with Crippen molar-refractivity contribution in [3.8, 4) is 0 Å². The summed E-state index contributed by atoms with van der Waals surface area (Å²) in [7, 11) is 0. The van der Waals surface area contributed by atoms with Crippen LogP contribution >= 0.6 is 0 Å². The quantitative estimate of drug-likeness (QED) is 0.359. The lowest BCUT2D eigenvalue weighted by Gasteiger charge is -2.39. The highest BCUT2D eigenvalue weighted by Crippen LogP contribution is 2.43. The summed E-state index contributed by atoms with van der Waals surface area (Å²) in [4.78, 5) is 15.2. The van der Waals surface area contributed by atoms with Crippen molar-refractivity contribution in [3.63, 3.8) is 0 Å². The predicted octanol–water partition coefficient (Wildman–Crippen LogP) is 4.88. The summed E-state index contributed by atoms with van der Waals surface area (Å²) >= 11 is 0. The number of fused-ring (bicyclic) bond motifs is 1. The SMILES string of the molecule is CC(C)NC1(CNCC2CCOCC2)CC2CCCN(CC[C@H](NC(=O)OC(C)C)c3ccccc3)C2C1. The first-order valence-electron chi connectivity index (χ1n) is 15.2. The second-order valence-electron chi connectivity index (χ2n) is 12.5. The van der Waals surface area contributed by atoms with Crippen molar-refractivity contribution in [2.24, 2.45) is 11.8 Å². The number of carbonyl (C=O) groups is 1. The van der Waals surface area contributed by atoms with Gasteiger partial charge in [-0.1, -0.05) is 44.2 Å². The minimum Gasteiger partial charge on any atom is -0.447 e. The molecule has 0 radical (unpaired) electrons. The van der Waals surface area contributed by atoms with Gasteiger partial charge in [-0.3, -0.25) is 4.90 Å². The van der Waals surface area contributed by atoms with Gasteiger partial charge < -0.3 is 25.4 Å². The second kappa shape index (κ2) is 14.1. The number of amides is 1. The zero-order chi connectivity index (χ0) is 27.0. The van der Waals surface area contributed by atoms with Gasteiger partial charge in [-0.15, -0.1) is 0 Å². The number of nitrogens with one attached hydrogen (secondary N) is 3. The lowest BCUT2D eigenvalue weighted by Crippen LogP contribution is -2.55. The second-order valence-corrected chi connectivity index (χ2v) is 12.5. The summed E-state index contributed by atoms with van der Waals surface area (Å²) in [6, 6.07) is 11.3. The standard InChI is InChI=1S/C31H52N4O3/c1-23(2)34-31(22-32-21-25-13-17-37-18-14-25)19-27-11-8-15-35(29(27)20-31)16-12-28(26-9-6-5-7-10-26)33-30(36)38-24(3)4/h5-7,9-10,23-25,27-29,32,34H,8,11-22H2,1-4H3,(H,33,36)/t27?,28-,29?,31?/m0/s1. The van der Waals surface area contributed by atoms with Crippen LogP contribution in [0.15, 0.2) is 30.3 Å². The average molecular weight is 529 g/mol. The van der Waals surface area contributed by atoms with Crippen LogP contribution < -0.4 is 16.0 Å². The normalized spacial score (nSPS) is 27.4. The van der Waals surface area contributed by atoms with Gasteiger partial charge in [-0.25, -0.2) is 4.79 Å². The third-order valence-corrected chi connectivity index (χ3v) is 8.66. The summed E-state index contributed by atoms with van der Waals surface area (Å²) in [5.74, 6) is 1.47. The molecule has 4 atom stereocenters. The van der Waals surface area contributed by atoms with E-state index >= 15 is 0 Å². The first kappa shape index (κ1) is 29.3. The highest BCUT2D eigenvalue weighted by Gasteiger charge is 2.48. The molecule has 3 N–H and O–H groups in total. The predicted molar refractivity (Wildman–Crippen MR) is 153 cm³/mol. The van der Waals surface area contributed by atoms with E-state index in [2.05, 4.69) is 46.8 Å². The van der Waals surface area contributed by atoms with Crippen molar-refractivity contribution in [3.05, 3.63) is 35.9 Å². The molecule has 2 saturated heterocycles. The molecule has 214 valence electrons. The van der Waals surface area contributed by atoms with Crippen molar-refractivity contribution >= 4 is 6.09 Å². The molecule has 1 aliphatic carbocycles. The Morgan fingerprint density at radius 3 is 2.58 bits per heavy atom. The fourth-order valence-corrected chi connectivity index (χ4v) is 7.09. The van der Waals surface area contributed by atoms with Crippen LogP contribution in [-0.4, -0.2) is 74.1 Å². The largest absolute Gasteiger partial charge is 0.447 e. The maximum Gasteiger partial charge on any atom is 0.407 e. The first-order chi connectivity index (χ1) is 18.3. The van der Waals surface area contributed by atoms with Crippen molar-refractivity contribution in [2.75, 3.05) is 39.4 Å². The molecule has 0 spiro atoms. The molecule has 0 bridgehead atoms. The number of likely N-dealkylation sites (tertiary alicyclic amines) is 1. The molecule has 3 unspecified atom stereocenters. The lowest BCUT2D eigenvalue weighted by atomic mass is 9.90. The Balaban J connectivity index is 1.38. The van der Waals surface area contributed by atoms with E-state index in [4.69, 9.17) is 9.47 Å². The zero-order valence-electron chi connectivity index (χ0n) is 24.2. The van der Waals surface area contributed by atoms with E-state index < -0.39 is 0 Å². The maximum absolute atomic E-state index is 12.5. The Kier molecular flexibility index (Phi) is 10.9. The van der Waals surface area contributed by atoms with Gasteiger partial charge in [0, 0.05) is 43.9 Å². The third kappa shape index (κ3) is 8.41. The van der Waals surface area contributed by atoms with Gasteiger partial charge in [0.1, 0.15) is 0 Å². The van der Waals surface area contributed by atoms with Gasteiger partial charge >= 0.3 is 6.09 Å². The molecule has 1 saturated carbocycles. The van der Waals surface area contributed by atoms with Crippen molar-refractivity contribution in [1.82, 2.24) is 20.9 Å². The van der Waals surface area contributed by atoms with Gasteiger partial charge in [0.2, 0.25) is 0 Å². The number of rotatable bonds is 12. The van der Waals surface area contributed by atoms with E-state index in [1.54, 1.807) is 0 Å². The van der Waals surface area contributed by atoms with E-state index in [1.165, 1.54) is 38.5 Å². The molecular formula is C31H52N4O3. The fourth-order valence-electron chi connectivity index (χ4n) is 7.09. The summed E-state index contributed by atoms with van der Waals surface area (Å²) in [6.45, 7) is 14.4. The van der Waals surface area contributed by atoms with Gasteiger partial charge in [-0.2, -0.15) is 0 Å². The molecule has 1 amide bonds. The van der Waals surface area contributed by atoms with Crippen LogP contribution in [0.3, 0.4) is 0 Å². The number of ether oxygens (including phenoxy) is 2. The van der Waals surface area contributed by atoms with Crippen LogP contribution in [0.5, 0.6) is 0 Å². The Hall–Kier alpha value is -1.67. The molecule has 1 aromatic carbocycles. The highest BCUT2D eigenvalue weighted by molar-refractivity contribution is 5.68. The Morgan fingerprint density at radius 1 is 1.11 bits per heavy atom. The van der Waals surface area contributed by atoms with Crippen molar-refractivity contribution in [2.45, 2.75) is 102 Å². The van der Waals surface area contributed by atoms with E-state index in [1.807, 2.05) is 32.0 Å². The molecule has 2 aliphatic heterocycles. The summed E-state index contributed by atoms with van der Waals surface area (Å²) in [6.07, 6.45) is 7.79. The van der Waals surface area contributed by atoms with Crippen LogP contribution in [0.25, 0.3) is 0 Å². The molecule has 3 fully saturated rings. The van der Waals surface area contributed by atoms with Crippen molar-refractivity contribution in [1.29, 1.82) is 0 Å². The van der Waals surface area contributed by atoms with Crippen LogP contribution in [0.4, 0.5) is 4.79 Å². The molecule has 38 heavy (non-hydrogen) atoms. The molecule has 7 heteroatoms. The Bertz CT molecular complexity index is 845. The van der Waals surface area contributed by atoms with Gasteiger partial charge in [-0.05, 0) is 89.3 Å². The molecule has 4 rings (SSSR count). The van der Waals surface area contributed by atoms with E-state index in [0.717, 1.165) is 63.2 Å². The topological polar surface area (TPSA) is 74.9 Å². The highest BCUT2D eigenvalue weighted by atomic mass is 16.6. The average Bonchev–Trinajstić information content (AvgIpc) is 3.25. The molecular weight excluding hydrogens is 476 g/mol. The van der Waals surface area contributed by atoms with E-state index in [-0.39, 0.29) is 23.8 Å². The number of hydrogen-bond donors (Lipinski definition) is 3. The number of nitrogens with zero attached hydrogens (tertiary/aromatic N) is 1. The van der Waals surface area contributed by atoms with Gasteiger partial charge in [0.15, 0.2) is 0 Å². The van der Waals surface area contributed by atoms with Gasteiger partial charge in [0.05, 0.1) is 12.1 Å². The lowest BCUT2D eigenvalue weighted by molar-refractivity contribution is 0.0655. The van der Waals surface area contributed by atoms with Crippen LogP contribution in [0, 0.1) is 11.8 Å². The summed E-state index contributed by atoms with van der Waals surface area (Å²) in [5, 5.41) is 11.0. The number of benzene rings is 1. The van der Waals surface area contributed by atoms with Crippen LogP contribution in [0.2, 0.25) is 0 Å². The first-order valence-corrected chi connectivity index (χ1v) is 15.2. The summed E-state index contributed by atoms with van der Waals surface area (Å²) in [5.41, 5.74) is 1.29. The van der Waals surface area contributed by atoms with Crippen LogP contribution in [-0.2, 0) is 9.47 Å². The minimum atomic E-state index is -0.331. The maximum atomic E-state index is 12.5. The zero-order valence-corrected chi connectivity index (χ0v) is 24.2. The van der Waals surface area contributed by atoms with Gasteiger partial charge in [0.25, 0.3) is 0 Å². The van der Waals surface area contributed by atoms with Crippen molar-refractivity contribution < 1.29 is 14.3 Å². The molecule has 7 nitrogen and oxygen atoms in total. The number of hydrogen-bond acceptors (Lipinski definition) is 6. The number of alkyl carbamates (subject to hydrolysis) is 1. The molecule has 0 aromatic heterocycles. The van der Waals surface area contributed by atoms with E-state index in [9.17, 15) is 4.79 Å². The Morgan fingerprint density at radius 2 is 1.87 bits per heavy atom. The molecule has 2 heterocycles. The fraction of sp³-hybridized carbons (Fsp3) is 0.774. The number of piperidine rings is 1.